The van der Waals surface area contributed by atoms with E-state index in [0.29, 0.717) is 6.61 Å². The maximum absolute atomic E-state index is 6.15. The van der Waals surface area contributed by atoms with E-state index in [1.54, 1.807) is 17.5 Å². The number of imidazole rings is 1. The van der Waals surface area contributed by atoms with Crippen molar-refractivity contribution >= 4 is 34.5 Å². The lowest BCUT2D eigenvalue weighted by Crippen LogP contribution is -2.20. The molecule has 2 heterocycles. The highest BCUT2D eigenvalue weighted by molar-refractivity contribution is 7.16. The zero-order valence-electron chi connectivity index (χ0n) is 13.1. The molecule has 24 heavy (non-hydrogen) atoms. The number of thiophene rings is 1. The molecule has 3 aromatic rings. The monoisotopic (exact) mass is 380 g/mol. The molecule has 0 saturated heterocycles. The summed E-state index contributed by atoms with van der Waals surface area (Å²) in [5, 5.41) is 0.739. The molecule has 0 spiro atoms. The van der Waals surface area contributed by atoms with Crippen LogP contribution in [0, 0.1) is 0 Å². The number of hydrogen-bond acceptors (Lipinski definition) is 3. The molecule has 1 aromatic carbocycles. The van der Waals surface area contributed by atoms with Crippen molar-refractivity contribution in [3.63, 3.8) is 0 Å². The zero-order valence-corrected chi connectivity index (χ0v) is 15.4. The third-order valence-electron chi connectivity index (χ3n) is 3.71. The van der Waals surface area contributed by atoms with Gasteiger partial charge in [0, 0.05) is 28.8 Å². The summed E-state index contributed by atoms with van der Waals surface area (Å²) in [5.41, 5.74) is 1.12. The van der Waals surface area contributed by atoms with Crippen LogP contribution in [0.2, 0.25) is 9.36 Å². The molecule has 0 radical (unpaired) electrons. The van der Waals surface area contributed by atoms with E-state index >= 15 is 0 Å². The summed E-state index contributed by atoms with van der Waals surface area (Å²) in [6.45, 7) is 1.36. The van der Waals surface area contributed by atoms with E-state index in [0.717, 1.165) is 34.3 Å². The Morgan fingerprint density at radius 3 is 2.62 bits per heavy atom. The summed E-state index contributed by atoms with van der Waals surface area (Å²) in [6, 6.07) is 11.8. The third kappa shape index (κ3) is 5.35. The summed E-state index contributed by atoms with van der Waals surface area (Å²) in [5.74, 6) is 0. The van der Waals surface area contributed by atoms with Crippen LogP contribution in [0.15, 0.2) is 55.1 Å². The molecule has 2 aromatic heterocycles. The van der Waals surface area contributed by atoms with E-state index < -0.39 is 0 Å². The van der Waals surface area contributed by atoms with Gasteiger partial charge in [-0.3, -0.25) is 0 Å². The lowest BCUT2D eigenvalue weighted by atomic mass is 10.1. The molecule has 0 aliphatic rings. The molecule has 0 saturated carbocycles. The lowest BCUT2D eigenvalue weighted by molar-refractivity contribution is 0.0241. The molecule has 0 bridgehead atoms. The van der Waals surface area contributed by atoms with Gasteiger partial charge in [-0.05, 0) is 42.7 Å². The maximum Gasteiger partial charge on any atom is 0.0946 e. The Bertz CT molecular complexity index is 741. The van der Waals surface area contributed by atoms with Gasteiger partial charge in [0.05, 0.1) is 23.4 Å². The number of halogens is 2. The van der Waals surface area contributed by atoms with Gasteiger partial charge in [0.2, 0.25) is 0 Å². The Morgan fingerprint density at radius 2 is 1.96 bits per heavy atom. The van der Waals surface area contributed by atoms with Crippen molar-refractivity contribution in [2.24, 2.45) is 0 Å². The van der Waals surface area contributed by atoms with Crippen molar-refractivity contribution in [1.82, 2.24) is 9.55 Å². The van der Waals surface area contributed by atoms with Crippen molar-refractivity contribution in [2.45, 2.75) is 32.1 Å². The van der Waals surface area contributed by atoms with E-state index in [4.69, 9.17) is 27.9 Å². The highest BCUT2D eigenvalue weighted by Gasteiger charge is 2.12. The van der Waals surface area contributed by atoms with Crippen LogP contribution in [-0.2, 0) is 24.3 Å². The van der Waals surface area contributed by atoms with Gasteiger partial charge >= 0.3 is 0 Å². The molecular formula is C18H18Cl2N2OS. The van der Waals surface area contributed by atoms with Crippen molar-refractivity contribution in [2.75, 3.05) is 0 Å². The predicted octanol–water partition coefficient (Wildman–Crippen LogP) is 5.47. The second-order valence-corrected chi connectivity index (χ2v) is 7.80. The first-order valence-electron chi connectivity index (χ1n) is 7.75. The number of nitrogens with zero attached hydrogens (tertiary/aromatic N) is 2. The summed E-state index contributed by atoms with van der Waals surface area (Å²) < 4.78 is 9.03. The molecule has 126 valence electrons. The van der Waals surface area contributed by atoms with Gasteiger partial charge in [0.1, 0.15) is 0 Å². The first-order chi connectivity index (χ1) is 11.7. The van der Waals surface area contributed by atoms with Gasteiger partial charge in [-0.15, -0.1) is 11.3 Å². The van der Waals surface area contributed by atoms with Crippen LogP contribution in [0.5, 0.6) is 0 Å². The van der Waals surface area contributed by atoms with Gasteiger partial charge in [0.15, 0.2) is 0 Å². The highest BCUT2D eigenvalue weighted by Crippen LogP contribution is 2.23. The number of rotatable bonds is 8. The Morgan fingerprint density at radius 1 is 1.12 bits per heavy atom. The van der Waals surface area contributed by atoms with Crippen LogP contribution < -0.4 is 0 Å². The Hall–Kier alpha value is -1.33. The van der Waals surface area contributed by atoms with Crippen LogP contribution in [0.3, 0.4) is 0 Å². The number of aryl methyl sites for hydroxylation is 1. The average Bonchev–Trinajstić information content (AvgIpc) is 3.23. The molecular weight excluding hydrogens is 363 g/mol. The SMILES string of the molecule is Clc1ccc(COC(CCc2ccc(Cl)s2)Cn2ccnc2)cc1. The lowest BCUT2D eigenvalue weighted by Gasteiger charge is -2.18. The minimum absolute atomic E-state index is 0.107. The summed E-state index contributed by atoms with van der Waals surface area (Å²) in [7, 11) is 0. The van der Waals surface area contributed by atoms with Gasteiger partial charge < -0.3 is 9.30 Å². The topological polar surface area (TPSA) is 27.1 Å². The van der Waals surface area contributed by atoms with Crippen LogP contribution in [0.4, 0.5) is 0 Å². The molecule has 3 rings (SSSR count). The molecule has 1 unspecified atom stereocenters. The average molecular weight is 381 g/mol. The maximum atomic E-state index is 6.15. The van der Waals surface area contributed by atoms with Crippen molar-refractivity contribution in [3.8, 4) is 0 Å². The molecule has 0 amide bonds. The number of aromatic nitrogens is 2. The minimum atomic E-state index is 0.107. The number of hydrogen-bond donors (Lipinski definition) is 0. The van der Waals surface area contributed by atoms with Crippen LogP contribution in [-0.4, -0.2) is 15.7 Å². The van der Waals surface area contributed by atoms with Crippen LogP contribution >= 0.6 is 34.5 Å². The Kier molecular flexibility index (Phi) is 6.32. The molecule has 0 aliphatic carbocycles. The molecule has 1 atom stereocenters. The van der Waals surface area contributed by atoms with E-state index in [2.05, 4.69) is 11.1 Å². The van der Waals surface area contributed by atoms with Crippen molar-refractivity contribution in [1.29, 1.82) is 0 Å². The van der Waals surface area contributed by atoms with Gasteiger partial charge in [-0.1, -0.05) is 35.3 Å². The van der Waals surface area contributed by atoms with E-state index in [1.807, 2.05) is 47.4 Å². The number of benzene rings is 1. The molecule has 3 nitrogen and oxygen atoms in total. The summed E-state index contributed by atoms with van der Waals surface area (Å²) >= 11 is 13.6. The summed E-state index contributed by atoms with van der Waals surface area (Å²) in [4.78, 5) is 5.39. The normalized spacial score (nSPS) is 12.4. The second kappa shape index (κ2) is 8.67. The molecule has 0 fully saturated rings. The first kappa shape index (κ1) is 17.5. The minimum Gasteiger partial charge on any atom is -0.372 e. The fourth-order valence-electron chi connectivity index (χ4n) is 2.44. The second-order valence-electron chi connectivity index (χ2n) is 5.56. The fraction of sp³-hybridized carbons (Fsp3) is 0.278. The molecule has 0 aliphatic heterocycles. The van der Waals surface area contributed by atoms with Crippen molar-refractivity contribution in [3.05, 3.63) is 74.9 Å². The van der Waals surface area contributed by atoms with E-state index in [-0.39, 0.29) is 6.10 Å². The van der Waals surface area contributed by atoms with Crippen LogP contribution in [0.1, 0.15) is 16.9 Å². The predicted molar refractivity (Wildman–Crippen MR) is 99.9 cm³/mol. The molecule has 6 heteroatoms. The first-order valence-corrected chi connectivity index (χ1v) is 9.32. The highest BCUT2D eigenvalue weighted by atomic mass is 35.5. The molecule has 0 N–H and O–H groups in total. The van der Waals surface area contributed by atoms with Gasteiger partial charge in [-0.25, -0.2) is 4.98 Å². The quantitative estimate of drug-likeness (QED) is 0.517. The standard InChI is InChI=1S/C18H18Cl2N2OS/c19-15-3-1-14(2-4-15)12-23-16(11-22-10-9-21-13-22)5-6-17-7-8-18(20)24-17/h1-4,7-10,13,16H,5-6,11-12H2. The largest absolute Gasteiger partial charge is 0.372 e. The van der Waals surface area contributed by atoms with E-state index in [9.17, 15) is 0 Å². The van der Waals surface area contributed by atoms with Crippen LogP contribution in [0.25, 0.3) is 0 Å². The van der Waals surface area contributed by atoms with Gasteiger partial charge in [0.25, 0.3) is 0 Å². The van der Waals surface area contributed by atoms with Crippen molar-refractivity contribution < 1.29 is 4.74 Å². The third-order valence-corrected chi connectivity index (χ3v) is 5.26. The number of ether oxygens (including phenoxy) is 1. The van der Waals surface area contributed by atoms with Gasteiger partial charge in [-0.2, -0.15) is 0 Å². The smallest absolute Gasteiger partial charge is 0.0946 e. The summed E-state index contributed by atoms with van der Waals surface area (Å²) in [6.07, 6.45) is 7.56. The Labute approximate surface area is 155 Å². The Balaban J connectivity index is 1.59. The zero-order chi connectivity index (χ0) is 16.8. The fourth-order valence-corrected chi connectivity index (χ4v) is 3.67. The van der Waals surface area contributed by atoms with E-state index in [1.165, 1.54) is 4.88 Å².